The minimum atomic E-state index is -0.490. The molecule has 0 aliphatic carbocycles. The molecule has 1 heterocycles. The van der Waals surface area contributed by atoms with Crippen LogP contribution in [0.3, 0.4) is 0 Å². The summed E-state index contributed by atoms with van der Waals surface area (Å²) in [5, 5.41) is 12.4. The standard InChI is InChI=1S/C17H15BrN2O3S/c1-4-23-17(22)14-10(3)12(8-19)16(24-14)20-15(21)11-6-5-7-13(18)9(11)2/h5-7H,4H2,1-3H3,(H,20,21). The van der Waals surface area contributed by atoms with E-state index < -0.39 is 5.97 Å². The van der Waals surface area contributed by atoms with Crippen molar-refractivity contribution >= 4 is 44.1 Å². The van der Waals surface area contributed by atoms with Crippen molar-refractivity contribution in [1.82, 2.24) is 0 Å². The van der Waals surface area contributed by atoms with Crippen molar-refractivity contribution in [2.45, 2.75) is 20.8 Å². The van der Waals surface area contributed by atoms with Gasteiger partial charge in [0.25, 0.3) is 5.91 Å². The van der Waals surface area contributed by atoms with Gasteiger partial charge in [-0.15, -0.1) is 11.3 Å². The summed E-state index contributed by atoms with van der Waals surface area (Å²) in [6.45, 7) is 5.46. The molecule has 0 fully saturated rings. The molecule has 0 atom stereocenters. The van der Waals surface area contributed by atoms with Crippen LogP contribution in [0, 0.1) is 25.2 Å². The van der Waals surface area contributed by atoms with Crippen LogP contribution in [-0.4, -0.2) is 18.5 Å². The molecule has 24 heavy (non-hydrogen) atoms. The van der Waals surface area contributed by atoms with E-state index in [0.29, 0.717) is 21.0 Å². The Bertz CT molecular complexity index is 852. The third-order valence-electron chi connectivity index (χ3n) is 3.46. The molecular weight excluding hydrogens is 392 g/mol. The van der Waals surface area contributed by atoms with Crippen molar-refractivity contribution < 1.29 is 14.3 Å². The van der Waals surface area contributed by atoms with Crippen molar-refractivity contribution in [3.05, 3.63) is 49.8 Å². The third-order valence-corrected chi connectivity index (χ3v) is 5.51. The van der Waals surface area contributed by atoms with Gasteiger partial charge in [0.05, 0.1) is 12.2 Å². The third kappa shape index (κ3) is 3.50. The second-order valence-corrected chi connectivity index (χ2v) is 6.83. The number of nitriles is 1. The number of ether oxygens (including phenoxy) is 1. The molecule has 0 spiro atoms. The number of hydrogen-bond donors (Lipinski definition) is 1. The molecule has 5 nitrogen and oxygen atoms in total. The molecule has 1 aromatic carbocycles. The summed E-state index contributed by atoms with van der Waals surface area (Å²) in [4.78, 5) is 24.8. The molecule has 1 amide bonds. The zero-order chi connectivity index (χ0) is 17.9. The van der Waals surface area contributed by atoms with Gasteiger partial charge < -0.3 is 10.1 Å². The topological polar surface area (TPSA) is 79.2 Å². The first-order valence-corrected chi connectivity index (χ1v) is 8.78. The van der Waals surface area contributed by atoms with Crippen molar-refractivity contribution in [3.8, 4) is 6.07 Å². The van der Waals surface area contributed by atoms with Gasteiger partial charge in [-0.05, 0) is 44.0 Å². The molecule has 1 N–H and O–H groups in total. The maximum Gasteiger partial charge on any atom is 0.348 e. The summed E-state index contributed by atoms with van der Waals surface area (Å²) in [7, 11) is 0. The highest BCUT2D eigenvalue weighted by molar-refractivity contribution is 9.10. The maximum atomic E-state index is 12.5. The van der Waals surface area contributed by atoms with Gasteiger partial charge in [0.1, 0.15) is 15.9 Å². The average Bonchev–Trinajstić information content (AvgIpc) is 2.85. The van der Waals surface area contributed by atoms with Gasteiger partial charge >= 0.3 is 5.97 Å². The number of anilines is 1. The Hall–Kier alpha value is -2.17. The van der Waals surface area contributed by atoms with E-state index in [1.54, 1.807) is 26.0 Å². The van der Waals surface area contributed by atoms with Crippen LogP contribution < -0.4 is 5.32 Å². The molecule has 0 bridgehead atoms. The van der Waals surface area contributed by atoms with Gasteiger partial charge in [-0.1, -0.05) is 22.0 Å². The molecule has 0 aliphatic rings. The average molecular weight is 407 g/mol. The van der Waals surface area contributed by atoms with E-state index in [1.807, 2.05) is 19.1 Å². The number of thiophene rings is 1. The smallest absolute Gasteiger partial charge is 0.348 e. The maximum absolute atomic E-state index is 12.5. The molecule has 0 saturated carbocycles. The number of nitrogens with one attached hydrogen (secondary N) is 1. The van der Waals surface area contributed by atoms with Crippen LogP contribution >= 0.6 is 27.3 Å². The van der Waals surface area contributed by atoms with E-state index in [1.165, 1.54) is 0 Å². The van der Waals surface area contributed by atoms with E-state index >= 15 is 0 Å². The van der Waals surface area contributed by atoms with E-state index in [-0.39, 0.29) is 18.1 Å². The molecule has 2 rings (SSSR count). The van der Waals surface area contributed by atoms with Gasteiger partial charge in [0.2, 0.25) is 0 Å². The van der Waals surface area contributed by atoms with Crippen LogP contribution in [0.15, 0.2) is 22.7 Å². The lowest BCUT2D eigenvalue weighted by molar-refractivity contribution is 0.0531. The Morgan fingerprint density at radius 3 is 2.67 bits per heavy atom. The summed E-state index contributed by atoms with van der Waals surface area (Å²) in [6, 6.07) is 7.36. The second-order valence-electron chi connectivity index (χ2n) is 4.96. The number of halogens is 1. The van der Waals surface area contributed by atoms with Gasteiger partial charge in [0.15, 0.2) is 0 Å². The van der Waals surface area contributed by atoms with Crippen molar-refractivity contribution in [1.29, 1.82) is 5.26 Å². The van der Waals surface area contributed by atoms with Crippen LogP contribution in [0.1, 0.15) is 43.6 Å². The van der Waals surface area contributed by atoms with Gasteiger partial charge in [-0.3, -0.25) is 4.79 Å². The van der Waals surface area contributed by atoms with Gasteiger partial charge in [0, 0.05) is 10.0 Å². The monoisotopic (exact) mass is 406 g/mol. The van der Waals surface area contributed by atoms with Gasteiger partial charge in [-0.25, -0.2) is 4.79 Å². The van der Waals surface area contributed by atoms with Gasteiger partial charge in [-0.2, -0.15) is 5.26 Å². The summed E-state index contributed by atoms with van der Waals surface area (Å²) in [5.41, 5.74) is 2.09. The fourth-order valence-electron chi connectivity index (χ4n) is 2.15. The molecule has 124 valence electrons. The lowest BCUT2D eigenvalue weighted by atomic mass is 10.1. The molecular formula is C17H15BrN2O3S. The predicted molar refractivity (Wildman–Crippen MR) is 96.6 cm³/mol. The molecule has 0 aliphatic heterocycles. The first-order chi connectivity index (χ1) is 11.4. The number of carbonyl (C=O) groups is 2. The zero-order valence-corrected chi connectivity index (χ0v) is 15.8. The summed E-state index contributed by atoms with van der Waals surface area (Å²) in [6.07, 6.45) is 0. The van der Waals surface area contributed by atoms with Crippen LogP contribution in [0.5, 0.6) is 0 Å². The van der Waals surface area contributed by atoms with Crippen molar-refractivity contribution in [2.24, 2.45) is 0 Å². The number of esters is 1. The Labute approximate surface area is 152 Å². The molecule has 0 radical (unpaired) electrons. The van der Waals surface area contributed by atoms with Crippen molar-refractivity contribution in [3.63, 3.8) is 0 Å². The Morgan fingerprint density at radius 1 is 1.33 bits per heavy atom. The minimum absolute atomic E-state index is 0.247. The lowest BCUT2D eigenvalue weighted by Crippen LogP contribution is -2.13. The molecule has 2 aromatic rings. The van der Waals surface area contributed by atoms with Crippen molar-refractivity contribution in [2.75, 3.05) is 11.9 Å². The number of nitrogens with zero attached hydrogens (tertiary/aromatic N) is 1. The van der Waals surface area contributed by atoms with E-state index in [4.69, 9.17) is 4.74 Å². The predicted octanol–water partition coefficient (Wildman–Crippen LogP) is 4.43. The van der Waals surface area contributed by atoms with Crippen LogP contribution in [0.4, 0.5) is 5.00 Å². The number of benzene rings is 1. The van der Waals surface area contributed by atoms with Crippen LogP contribution in [-0.2, 0) is 4.74 Å². The SMILES string of the molecule is CCOC(=O)c1sc(NC(=O)c2cccc(Br)c2C)c(C#N)c1C. The Balaban J connectivity index is 2.38. The minimum Gasteiger partial charge on any atom is -0.462 e. The molecule has 1 aromatic heterocycles. The highest BCUT2D eigenvalue weighted by Crippen LogP contribution is 2.33. The number of amides is 1. The number of rotatable bonds is 4. The summed E-state index contributed by atoms with van der Waals surface area (Å²) in [5.74, 6) is -0.822. The normalized spacial score (nSPS) is 10.1. The highest BCUT2D eigenvalue weighted by atomic mass is 79.9. The second kappa shape index (κ2) is 7.60. The fraction of sp³-hybridized carbons (Fsp3) is 0.235. The van der Waals surface area contributed by atoms with E-state index in [9.17, 15) is 14.9 Å². The van der Waals surface area contributed by atoms with Crippen LogP contribution in [0.2, 0.25) is 0 Å². The van der Waals surface area contributed by atoms with E-state index in [0.717, 1.165) is 21.4 Å². The van der Waals surface area contributed by atoms with Crippen LogP contribution in [0.25, 0.3) is 0 Å². The Morgan fingerprint density at radius 2 is 2.04 bits per heavy atom. The molecule has 0 saturated heterocycles. The number of hydrogen-bond acceptors (Lipinski definition) is 5. The molecule has 7 heteroatoms. The Kier molecular flexibility index (Phi) is 5.75. The zero-order valence-electron chi connectivity index (χ0n) is 13.4. The quantitative estimate of drug-likeness (QED) is 0.761. The summed E-state index contributed by atoms with van der Waals surface area (Å²) < 4.78 is 5.81. The largest absolute Gasteiger partial charge is 0.462 e. The van der Waals surface area contributed by atoms with E-state index in [2.05, 4.69) is 21.2 Å². The number of carbonyl (C=O) groups excluding carboxylic acids is 2. The highest BCUT2D eigenvalue weighted by Gasteiger charge is 2.23. The first-order valence-electron chi connectivity index (χ1n) is 7.17. The fourth-order valence-corrected chi connectivity index (χ4v) is 3.56. The molecule has 0 unspecified atom stereocenters. The lowest BCUT2D eigenvalue weighted by Gasteiger charge is -2.07. The summed E-state index contributed by atoms with van der Waals surface area (Å²) >= 11 is 4.44. The first kappa shape index (κ1) is 18.2.